The number of pyridine rings is 2. The molecular formula is C23H16ClF3N4O2S. The Kier molecular flexibility index (Phi) is 7.18. The summed E-state index contributed by atoms with van der Waals surface area (Å²) in [5.74, 6) is -2.88. The van der Waals surface area contributed by atoms with Crippen molar-refractivity contribution in [1.29, 1.82) is 0 Å². The molecule has 0 aliphatic carbocycles. The maximum absolute atomic E-state index is 14.6. The van der Waals surface area contributed by atoms with E-state index >= 15 is 0 Å². The first-order valence-corrected chi connectivity index (χ1v) is 11.2. The summed E-state index contributed by atoms with van der Waals surface area (Å²) in [6.07, 6.45) is 4.10. The molecule has 1 N–H and O–H groups in total. The van der Waals surface area contributed by atoms with E-state index < -0.39 is 29.5 Å². The summed E-state index contributed by atoms with van der Waals surface area (Å²) in [5, 5.41) is 2.97. The Bertz CT molecular complexity index is 1300. The zero-order valence-corrected chi connectivity index (χ0v) is 19.1. The fourth-order valence-electron chi connectivity index (χ4n) is 3.31. The molecule has 3 heterocycles. The van der Waals surface area contributed by atoms with Crippen LogP contribution in [0.2, 0.25) is 5.02 Å². The van der Waals surface area contributed by atoms with Gasteiger partial charge >= 0.3 is 5.97 Å². The molecule has 0 unspecified atom stereocenters. The Morgan fingerprint density at radius 1 is 1.15 bits per heavy atom. The number of nitrogens with one attached hydrogen (secondary N) is 1. The van der Waals surface area contributed by atoms with Gasteiger partial charge in [0.2, 0.25) is 0 Å². The van der Waals surface area contributed by atoms with Crippen LogP contribution in [0.3, 0.4) is 0 Å². The number of ether oxygens (including phenoxy) is 1. The molecule has 0 spiro atoms. The van der Waals surface area contributed by atoms with Crippen LogP contribution in [0.1, 0.15) is 17.3 Å². The summed E-state index contributed by atoms with van der Waals surface area (Å²) in [4.78, 5) is 25.9. The Labute approximate surface area is 201 Å². The van der Waals surface area contributed by atoms with Gasteiger partial charge in [0.1, 0.15) is 23.4 Å². The van der Waals surface area contributed by atoms with Crippen molar-refractivity contribution in [2.75, 3.05) is 12.9 Å². The molecule has 1 aromatic carbocycles. The first kappa shape index (κ1) is 23.8. The highest BCUT2D eigenvalue weighted by atomic mass is 35.5. The van der Waals surface area contributed by atoms with E-state index in [1.54, 1.807) is 24.5 Å². The van der Waals surface area contributed by atoms with E-state index in [0.717, 1.165) is 17.2 Å². The smallest absolute Gasteiger partial charge is 0.338 e. The maximum atomic E-state index is 14.6. The molecule has 11 heteroatoms. The van der Waals surface area contributed by atoms with Gasteiger partial charge in [-0.25, -0.2) is 22.9 Å². The molecule has 0 bridgehead atoms. The minimum Gasteiger partial charge on any atom is -0.466 e. The topological polar surface area (TPSA) is 76.5 Å². The molecule has 0 saturated heterocycles. The molecule has 34 heavy (non-hydrogen) atoms. The molecule has 0 fully saturated rings. The van der Waals surface area contributed by atoms with E-state index in [2.05, 4.69) is 20.3 Å². The van der Waals surface area contributed by atoms with Gasteiger partial charge in [-0.2, -0.15) is 0 Å². The van der Waals surface area contributed by atoms with E-state index in [4.69, 9.17) is 16.3 Å². The van der Waals surface area contributed by atoms with Crippen molar-refractivity contribution in [1.82, 2.24) is 15.3 Å². The van der Waals surface area contributed by atoms with Crippen LogP contribution in [0.4, 0.5) is 13.2 Å². The molecule has 0 saturated carbocycles. The van der Waals surface area contributed by atoms with Crippen LogP contribution in [0.15, 0.2) is 76.1 Å². The van der Waals surface area contributed by atoms with Crippen molar-refractivity contribution >= 4 is 35.2 Å². The summed E-state index contributed by atoms with van der Waals surface area (Å²) >= 11 is 7.66. The van der Waals surface area contributed by atoms with Crippen molar-refractivity contribution in [2.45, 2.75) is 10.9 Å². The second-order valence-electron chi connectivity index (χ2n) is 7.01. The SMILES string of the molecule is COC(=O)C1=C(CSc2ccncc2)NC(c2ncc(F)cc2F)=N[C@H]1c1ccc(F)cc1Cl. The number of hydrogen-bond acceptors (Lipinski definition) is 7. The van der Waals surface area contributed by atoms with E-state index in [9.17, 15) is 18.0 Å². The van der Waals surface area contributed by atoms with Gasteiger partial charge in [0.25, 0.3) is 0 Å². The molecule has 1 aliphatic heterocycles. The first-order chi connectivity index (χ1) is 16.4. The van der Waals surface area contributed by atoms with E-state index in [1.165, 1.54) is 31.0 Å². The number of thioether (sulfide) groups is 1. The van der Waals surface area contributed by atoms with Gasteiger partial charge in [-0.15, -0.1) is 11.8 Å². The Balaban J connectivity index is 1.85. The summed E-state index contributed by atoms with van der Waals surface area (Å²) in [6.45, 7) is 0. The lowest BCUT2D eigenvalue weighted by Crippen LogP contribution is -2.35. The molecule has 1 atom stereocenters. The van der Waals surface area contributed by atoms with Crippen LogP contribution >= 0.6 is 23.4 Å². The maximum Gasteiger partial charge on any atom is 0.338 e. The Hall–Kier alpha value is -3.37. The highest BCUT2D eigenvalue weighted by Crippen LogP contribution is 2.37. The number of nitrogens with zero attached hydrogens (tertiary/aromatic N) is 3. The lowest BCUT2D eigenvalue weighted by Gasteiger charge is -2.27. The highest BCUT2D eigenvalue weighted by Gasteiger charge is 2.34. The van der Waals surface area contributed by atoms with E-state index in [1.807, 2.05) is 0 Å². The second-order valence-corrected chi connectivity index (χ2v) is 8.47. The minimum absolute atomic E-state index is 0.0186. The lowest BCUT2D eigenvalue weighted by atomic mass is 9.95. The number of hydrogen-bond donors (Lipinski definition) is 1. The second kappa shape index (κ2) is 10.3. The van der Waals surface area contributed by atoms with Gasteiger partial charge in [0.15, 0.2) is 11.7 Å². The van der Waals surface area contributed by atoms with Crippen molar-refractivity contribution in [3.8, 4) is 0 Å². The third-order valence-electron chi connectivity index (χ3n) is 4.85. The third kappa shape index (κ3) is 5.07. The van der Waals surface area contributed by atoms with Gasteiger partial charge in [0.05, 0.1) is 18.9 Å². The summed E-state index contributed by atoms with van der Waals surface area (Å²) in [6, 6.07) is 6.85. The standard InChI is InChI=1S/C23H16ClF3N4O2S/c1-33-23(32)19-18(11-34-14-4-6-28-7-5-14)30-22(21-17(27)9-13(26)10-29-21)31-20(19)15-3-2-12(25)8-16(15)24/h2-10,20H,11H2,1H3,(H,30,31)/t20-/m0/s1. The normalized spacial score (nSPS) is 15.6. The number of rotatable bonds is 6. The Morgan fingerprint density at radius 2 is 1.91 bits per heavy atom. The zero-order chi connectivity index (χ0) is 24.2. The van der Waals surface area contributed by atoms with Gasteiger partial charge < -0.3 is 10.1 Å². The fraction of sp³-hybridized carbons (Fsp3) is 0.130. The zero-order valence-electron chi connectivity index (χ0n) is 17.6. The molecule has 1 aliphatic rings. The van der Waals surface area contributed by atoms with Gasteiger partial charge in [0, 0.05) is 45.4 Å². The molecule has 0 radical (unpaired) electrons. The molecule has 6 nitrogen and oxygen atoms in total. The van der Waals surface area contributed by atoms with Gasteiger partial charge in [-0.05, 0) is 24.3 Å². The van der Waals surface area contributed by atoms with Crippen LogP contribution in [0, 0.1) is 17.5 Å². The first-order valence-electron chi connectivity index (χ1n) is 9.82. The third-order valence-corrected chi connectivity index (χ3v) is 6.22. The number of esters is 1. The molecule has 2 aromatic heterocycles. The van der Waals surface area contributed by atoms with Crippen molar-refractivity contribution in [3.63, 3.8) is 0 Å². The minimum atomic E-state index is -1.06. The molecule has 4 rings (SSSR count). The van der Waals surface area contributed by atoms with E-state index in [-0.39, 0.29) is 27.9 Å². The Morgan fingerprint density at radius 3 is 2.59 bits per heavy atom. The van der Waals surface area contributed by atoms with Crippen LogP contribution in [-0.4, -0.2) is 34.6 Å². The number of carbonyl (C=O) groups excluding carboxylic acids is 1. The van der Waals surface area contributed by atoms with Crippen LogP contribution in [-0.2, 0) is 9.53 Å². The molecule has 0 amide bonds. The number of aliphatic imine (C=N–C) groups is 1. The summed E-state index contributed by atoms with van der Waals surface area (Å²) < 4.78 is 46.7. The summed E-state index contributed by atoms with van der Waals surface area (Å²) in [7, 11) is 1.21. The quantitative estimate of drug-likeness (QED) is 0.382. The molecular weight excluding hydrogens is 489 g/mol. The number of aromatic nitrogens is 2. The largest absolute Gasteiger partial charge is 0.466 e. The van der Waals surface area contributed by atoms with Crippen LogP contribution in [0.25, 0.3) is 0 Å². The fourth-order valence-corrected chi connectivity index (χ4v) is 4.43. The van der Waals surface area contributed by atoms with Crippen molar-refractivity contribution in [2.24, 2.45) is 4.99 Å². The highest BCUT2D eigenvalue weighted by molar-refractivity contribution is 7.99. The lowest BCUT2D eigenvalue weighted by molar-refractivity contribution is -0.136. The number of halogens is 4. The molecule has 3 aromatic rings. The molecule has 174 valence electrons. The average Bonchev–Trinajstić information content (AvgIpc) is 2.82. The number of benzene rings is 1. The number of amidine groups is 1. The number of methoxy groups -OCH3 is 1. The van der Waals surface area contributed by atoms with Crippen LogP contribution < -0.4 is 5.32 Å². The van der Waals surface area contributed by atoms with Crippen molar-refractivity contribution < 1.29 is 22.7 Å². The summed E-state index contributed by atoms with van der Waals surface area (Å²) in [5.41, 5.74) is 0.523. The predicted molar refractivity (Wildman–Crippen MR) is 122 cm³/mol. The monoisotopic (exact) mass is 504 g/mol. The van der Waals surface area contributed by atoms with Crippen molar-refractivity contribution in [3.05, 3.63) is 100.0 Å². The number of carbonyl (C=O) groups is 1. The van der Waals surface area contributed by atoms with Gasteiger partial charge in [-0.1, -0.05) is 17.7 Å². The van der Waals surface area contributed by atoms with Crippen LogP contribution in [0.5, 0.6) is 0 Å². The predicted octanol–water partition coefficient (Wildman–Crippen LogP) is 4.86. The van der Waals surface area contributed by atoms with Gasteiger partial charge in [-0.3, -0.25) is 9.98 Å². The van der Waals surface area contributed by atoms with E-state index in [0.29, 0.717) is 17.3 Å². The average molecular weight is 505 g/mol.